The lowest BCUT2D eigenvalue weighted by Crippen LogP contribution is -2.64. The minimum atomic E-state index is -0.127. The van der Waals surface area contributed by atoms with Crippen LogP contribution < -0.4 is 4.74 Å². The van der Waals surface area contributed by atoms with E-state index in [4.69, 9.17) is 9.47 Å². The summed E-state index contributed by atoms with van der Waals surface area (Å²) in [6.45, 7) is 6.89. The van der Waals surface area contributed by atoms with Crippen molar-refractivity contribution < 1.29 is 14.3 Å². The Morgan fingerprint density at radius 2 is 2.04 bits per heavy atom. The van der Waals surface area contributed by atoms with Crippen LogP contribution in [-0.4, -0.2) is 35.8 Å². The van der Waals surface area contributed by atoms with E-state index in [1.54, 1.807) is 7.11 Å². The second-order valence-electron chi connectivity index (χ2n) is 9.73. The highest BCUT2D eigenvalue weighted by Crippen LogP contribution is 2.53. The van der Waals surface area contributed by atoms with Gasteiger partial charge in [0.2, 0.25) is 5.91 Å². The lowest BCUT2D eigenvalue weighted by molar-refractivity contribution is -0.227. The van der Waals surface area contributed by atoms with Gasteiger partial charge in [-0.15, -0.1) is 0 Å². The molecular weight excluding hydrogens is 338 g/mol. The summed E-state index contributed by atoms with van der Waals surface area (Å²) in [6, 6.07) is 6.24. The molecule has 1 amide bonds. The third-order valence-corrected chi connectivity index (χ3v) is 7.92. The average Bonchev–Trinajstić information content (AvgIpc) is 2.91. The molecule has 0 aromatic heterocycles. The molecule has 4 aliphatic rings. The molecule has 2 saturated heterocycles. The lowest BCUT2D eigenvalue weighted by Gasteiger charge is -2.56. The summed E-state index contributed by atoms with van der Waals surface area (Å²) in [7, 11) is 1.74. The van der Waals surface area contributed by atoms with Crippen molar-refractivity contribution in [1.82, 2.24) is 4.90 Å². The zero-order valence-electron chi connectivity index (χ0n) is 16.9. The predicted octanol–water partition coefficient (Wildman–Crippen LogP) is 3.81. The number of methoxy groups -OCH3 is 1. The standard InChI is InChI=1S/C23H31NO3/c1-13-8-9-18-20(10-13)27-22-17-12-15-14(6-5-7-19(15)26-4)11-16(17)21(25)24(22)23(18,2)3/h5-7,13,16-18,20,22H,8-12H2,1-4H3/t13-,16-,17-,18-,20-,22+/m1/s1. The first-order valence-electron chi connectivity index (χ1n) is 10.5. The van der Waals surface area contributed by atoms with Gasteiger partial charge < -0.3 is 14.4 Å². The SMILES string of the molecule is COc1cccc2c1C[C@@H]1[C@@H](C2)C(=O)N2[C@H]1O[C@@H]1C[C@H](C)CC[C@H]1C2(C)C. The molecule has 1 aromatic carbocycles. The van der Waals surface area contributed by atoms with Crippen LogP contribution in [0.3, 0.4) is 0 Å². The highest BCUT2D eigenvalue weighted by molar-refractivity contribution is 5.84. The maximum absolute atomic E-state index is 13.5. The molecule has 2 heterocycles. The van der Waals surface area contributed by atoms with Gasteiger partial charge in [0.05, 0.1) is 13.2 Å². The minimum Gasteiger partial charge on any atom is -0.496 e. The first-order chi connectivity index (χ1) is 12.9. The summed E-state index contributed by atoms with van der Waals surface area (Å²) >= 11 is 0. The highest BCUT2D eigenvalue weighted by atomic mass is 16.5. The molecule has 0 N–H and O–H groups in total. The van der Waals surface area contributed by atoms with Crippen LogP contribution in [0, 0.1) is 23.7 Å². The number of rotatable bonds is 1. The normalized spacial score (nSPS) is 39.3. The summed E-state index contributed by atoms with van der Waals surface area (Å²) in [6.07, 6.45) is 5.44. The highest BCUT2D eigenvalue weighted by Gasteiger charge is 2.61. The van der Waals surface area contributed by atoms with E-state index in [2.05, 4.69) is 31.7 Å². The number of ether oxygens (including phenoxy) is 2. The van der Waals surface area contributed by atoms with Crippen LogP contribution in [0.4, 0.5) is 0 Å². The molecule has 0 radical (unpaired) electrons. The molecule has 3 fully saturated rings. The molecule has 2 aliphatic heterocycles. The van der Waals surface area contributed by atoms with Crippen molar-refractivity contribution in [3.8, 4) is 5.75 Å². The maximum atomic E-state index is 13.5. The van der Waals surface area contributed by atoms with Crippen molar-refractivity contribution in [2.45, 2.75) is 70.7 Å². The molecule has 1 saturated carbocycles. The first-order valence-corrected chi connectivity index (χ1v) is 10.5. The molecule has 146 valence electrons. The zero-order chi connectivity index (χ0) is 18.9. The van der Waals surface area contributed by atoms with Crippen LogP contribution >= 0.6 is 0 Å². The second-order valence-corrected chi connectivity index (χ2v) is 9.73. The van der Waals surface area contributed by atoms with E-state index >= 15 is 0 Å². The van der Waals surface area contributed by atoms with Crippen molar-refractivity contribution in [3.63, 3.8) is 0 Å². The number of fused-ring (bicyclic) bond motifs is 5. The van der Waals surface area contributed by atoms with Gasteiger partial charge in [-0.25, -0.2) is 0 Å². The van der Waals surface area contributed by atoms with Gasteiger partial charge in [-0.05, 0) is 62.6 Å². The fourth-order valence-electron chi connectivity index (χ4n) is 6.48. The number of hydrogen-bond acceptors (Lipinski definition) is 3. The summed E-state index contributed by atoms with van der Waals surface area (Å²) in [5, 5.41) is 0. The Morgan fingerprint density at radius 1 is 1.22 bits per heavy atom. The molecule has 6 atom stereocenters. The van der Waals surface area contributed by atoms with Crippen molar-refractivity contribution >= 4 is 5.91 Å². The van der Waals surface area contributed by atoms with Gasteiger partial charge in [-0.3, -0.25) is 4.79 Å². The van der Waals surface area contributed by atoms with Gasteiger partial charge in [-0.2, -0.15) is 0 Å². The van der Waals surface area contributed by atoms with E-state index in [9.17, 15) is 4.79 Å². The fourth-order valence-corrected chi connectivity index (χ4v) is 6.48. The molecular formula is C23H31NO3. The Balaban J connectivity index is 1.52. The van der Waals surface area contributed by atoms with Crippen molar-refractivity contribution in [2.75, 3.05) is 7.11 Å². The number of benzene rings is 1. The molecule has 0 spiro atoms. The van der Waals surface area contributed by atoms with Gasteiger partial charge in [0, 0.05) is 23.3 Å². The number of carbonyl (C=O) groups is 1. The van der Waals surface area contributed by atoms with Crippen LogP contribution in [-0.2, 0) is 22.4 Å². The summed E-state index contributed by atoms with van der Waals surface area (Å²) < 4.78 is 12.3. The minimum absolute atomic E-state index is 0.0476. The average molecular weight is 370 g/mol. The Bertz CT molecular complexity index is 773. The molecule has 0 unspecified atom stereocenters. The number of nitrogens with zero attached hydrogens (tertiary/aromatic N) is 1. The molecule has 1 aromatic rings. The van der Waals surface area contributed by atoms with Crippen molar-refractivity contribution in [3.05, 3.63) is 29.3 Å². The van der Waals surface area contributed by atoms with Crippen LogP contribution in [0.25, 0.3) is 0 Å². The molecule has 0 bridgehead atoms. The van der Waals surface area contributed by atoms with Crippen LogP contribution in [0.1, 0.15) is 51.2 Å². The third kappa shape index (κ3) is 2.41. The molecule has 27 heavy (non-hydrogen) atoms. The molecule has 5 rings (SSSR count). The van der Waals surface area contributed by atoms with Crippen LogP contribution in [0.15, 0.2) is 18.2 Å². The Hall–Kier alpha value is -1.55. The summed E-state index contributed by atoms with van der Waals surface area (Å²) in [4.78, 5) is 15.6. The molecule has 4 nitrogen and oxygen atoms in total. The van der Waals surface area contributed by atoms with E-state index in [0.29, 0.717) is 17.7 Å². The third-order valence-electron chi connectivity index (χ3n) is 7.92. The summed E-state index contributed by atoms with van der Waals surface area (Å²) in [5.41, 5.74) is 2.42. The van der Waals surface area contributed by atoms with Crippen molar-refractivity contribution in [1.29, 1.82) is 0 Å². The van der Waals surface area contributed by atoms with Gasteiger partial charge in [0.1, 0.15) is 12.0 Å². The first kappa shape index (κ1) is 17.5. The van der Waals surface area contributed by atoms with Gasteiger partial charge in [0.15, 0.2) is 0 Å². The second kappa shape index (κ2) is 5.97. The number of hydrogen-bond donors (Lipinski definition) is 0. The Labute approximate surface area is 162 Å². The van der Waals surface area contributed by atoms with Crippen LogP contribution in [0.2, 0.25) is 0 Å². The van der Waals surface area contributed by atoms with E-state index in [0.717, 1.165) is 25.0 Å². The zero-order valence-corrected chi connectivity index (χ0v) is 16.9. The monoisotopic (exact) mass is 369 g/mol. The van der Waals surface area contributed by atoms with Crippen LogP contribution in [0.5, 0.6) is 5.75 Å². The van der Waals surface area contributed by atoms with Gasteiger partial charge in [-0.1, -0.05) is 25.5 Å². The Kier molecular flexibility index (Phi) is 3.88. The smallest absolute Gasteiger partial charge is 0.228 e. The molecule has 2 aliphatic carbocycles. The number of amides is 1. The maximum Gasteiger partial charge on any atom is 0.228 e. The Morgan fingerprint density at radius 3 is 2.81 bits per heavy atom. The van der Waals surface area contributed by atoms with Crippen molar-refractivity contribution in [2.24, 2.45) is 23.7 Å². The van der Waals surface area contributed by atoms with E-state index in [1.807, 2.05) is 12.1 Å². The molecule has 4 heteroatoms. The summed E-state index contributed by atoms with van der Waals surface area (Å²) in [5.74, 6) is 2.71. The van der Waals surface area contributed by atoms with Gasteiger partial charge >= 0.3 is 0 Å². The van der Waals surface area contributed by atoms with E-state index < -0.39 is 0 Å². The number of carbonyl (C=O) groups excluding carboxylic acids is 1. The van der Waals surface area contributed by atoms with E-state index in [-0.39, 0.29) is 29.7 Å². The fraction of sp³-hybridized carbons (Fsp3) is 0.696. The van der Waals surface area contributed by atoms with Gasteiger partial charge in [0.25, 0.3) is 0 Å². The quantitative estimate of drug-likeness (QED) is 0.756. The van der Waals surface area contributed by atoms with E-state index in [1.165, 1.54) is 24.0 Å². The largest absolute Gasteiger partial charge is 0.496 e. The topological polar surface area (TPSA) is 38.8 Å². The lowest BCUT2D eigenvalue weighted by atomic mass is 9.69. The predicted molar refractivity (Wildman–Crippen MR) is 103 cm³/mol.